The first kappa shape index (κ1) is 23.8. The highest BCUT2D eigenvalue weighted by molar-refractivity contribution is 6.30. The van der Waals surface area contributed by atoms with Crippen molar-refractivity contribution in [2.45, 2.75) is 33.9 Å². The van der Waals surface area contributed by atoms with E-state index in [1.165, 1.54) is 0 Å². The summed E-state index contributed by atoms with van der Waals surface area (Å²) in [6.07, 6.45) is 3.69. The Labute approximate surface area is 204 Å². The fraction of sp³-hybridized carbons (Fsp3) is 0.259. The minimum absolute atomic E-state index is 0.0276. The van der Waals surface area contributed by atoms with Crippen LogP contribution in [0.5, 0.6) is 0 Å². The Kier molecular flexibility index (Phi) is 6.91. The Balaban J connectivity index is 1.69. The van der Waals surface area contributed by atoms with Crippen molar-refractivity contribution in [2.24, 2.45) is 18.0 Å². The quantitative estimate of drug-likeness (QED) is 0.590. The molecule has 3 aromatic rings. The summed E-state index contributed by atoms with van der Waals surface area (Å²) in [5.74, 6) is 0.829. The van der Waals surface area contributed by atoms with E-state index in [-0.39, 0.29) is 5.56 Å². The van der Waals surface area contributed by atoms with Crippen LogP contribution in [0.3, 0.4) is 0 Å². The summed E-state index contributed by atoms with van der Waals surface area (Å²) in [5.41, 5.74) is 7.05. The van der Waals surface area contributed by atoms with Gasteiger partial charge in [0.15, 0.2) is 0 Å². The average molecular weight is 477 g/mol. The molecule has 1 aromatic heterocycles. The normalized spacial score (nSPS) is 16.7. The van der Waals surface area contributed by atoms with Crippen molar-refractivity contribution in [3.8, 4) is 11.1 Å². The van der Waals surface area contributed by atoms with Crippen molar-refractivity contribution in [1.29, 1.82) is 0 Å². The minimum atomic E-state index is -0.468. The lowest BCUT2D eigenvalue weighted by Gasteiger charge is -2.12. The van der Waals surface area contributed by atoms with Crippen molar-refractivity contribution in [3.05, 3.63) is 85.6 Å². The lowest BCUT2D eigenvalue weighted by molar-refractivity contribution is 0.0375. The molecule has 1 aliphatic rings. The van der Waals surface area contributed by atoms with Crippen LogP contribution in [0.15, 0.2) is 58.3 Å². The molecule has 0 saturated heterocycles. The fourth-order valence-electron chi connectivity index (χ4n) is 3.96. The van der Waals surface area contributed by atoms with E-state index in [0.29, 0.717) is 22.5 Å². The molecule has 2 heterocycles. The number of hydrogen-bond donors (Lipinski definition) is 2. The number of guanidine groups is 1. The van der Waals surface area contributed by atoms with Gasteiger partial charge >= 0.3 is 0 Å². The van der Waals surface area contributed by atoms with E-state index < -0.39 is 6.23 Å². The molecule has 6 nitrogen and oxygen atoms in total. The maximum absolute atomic E-state index is 13.3. The van der Waals surface area contributed by atoms with Gasteiger partial charge in [-0.2, -0.15) is 0 Å². The van der Waals surface area contributed by atoms with E-state index >= 15 is 0 Å². The number of hydroxylamine groups is 1. The van der Waals surface area contributed by atoms with Crippen molar-refractivity contribution in [2.75, 3.05) is 5.32 Å². The van der Waals surface area contributed by atoms with Crippen LogP contribution in [0.1, 0.15) is 38.1 Å². The van der Waals surface area contributed by atoms with Gasteiger partial charge in [0, 0.05) is 34.2 Å². The Bertz CT molecular complexity index is 1420. The molecule has 1 atom stereocenters. The van der Waals surface area contributed by atoms with E-state index in [4.69, 9.17) is 16.4 Å². The number of aliphatic imine (C=N–C) groups is 1. The topological polar surface area (TPSA) is 67.7 Å². The van der Waals surface area contributed by atoms with Crippen molar-refractivity contribution in [1.82, 2.24) is 10.0 Å². The van der Waals surface area contributed by atoms with Crippen LogP contribution < -0.4 is 26.9 Å². The summed E-state index contributed by atoms with van der Waals surface area (Å²) in [4.78, 5) is 23.5. The van der Waals surface area contributed by atoms with Crippen LogP contribution in [0.4, 0.5) is 5.69 Å². The Morgan fingerprint density at radius 3 is 2.56 bits per heavy atom. The Morgan fingerprint density at radius 1 is 1.15 bits per heavy atom. The Morgan fingerprint density at radius 2 is 1.88 bits per heavy atom. The predicted octanol–water partition coefficient (Wildman–Crippen LogP) is 4.25. The van der Waals surface area contributed by atoms with E-state index in [0.717, 1.165) is 32.9 Å². The smallest absolute Gasteiger partial charge is 0.258 e. The number of pyridine rings is 1. The van der Waals surface area contributed by atoms with Crippen molar-refractivity contribution >= 4 is 35.4 Å². The number of nitrogens with one attached hydrogen (secondary N) is 2. The van der Waals surface area contributed by atoms with Crippen LogP contribution in [0, 0.1) is 12.8 Å². The Hall–Kier alpha value is -3.35. The number of anilines is 1. The molecule has 34 heavy (non-hydrogen) atoms. The van der Waals surface area contributed by atoms with Crippen LogP contribution in [-0.2, 0) is 11.9 Å². The van der Waals surface area contributed by atoms with Crippen LogP contribution in [0.25, 0.3) is 23.3 Å². The molecule has 2 N–H and O–H groups in total. The number of aryl methyl sites for hydroxylation is 1. The van der Waals surface area contributed by atoms with Gasteiger partial charge in [-0.15, -0.1) is 0 Å². The van der Waals surface area contributed by atoms with Gasteiger partial charge in [0.1, 0.15) is 0 Å². The number of rotatable bonds is 4. The third kappa shape index (κ3) is 4.93. The van der Waals surface area contributed by atoms with Gasteiger partial charge in [-0.25, -0.2) is 15.3 Å². The SMILES string of the molecule is C/C=c1/cc(-c2cc(NC3=NC(c4ccc(Cl)cc4)ON3)ccc2C)c(=O)n(C)/c1=C/C(C)C. The molecule has 176 valence electrons. The van der Waals surface area contributed by atoms with Crippen LogP contribution >= 0.6 is 11.6 Å². The zero-order valence-electron chi connectivity index (χ0n) is 20.0. The van der Waals surface area contributed by atoms with Gasteiger partial charge in [-0.05, 0) is 66.4 Å². The first-order valence-electron chi connectivity index (χ1n) is 11.3. The molecular weight excluding hydrogens is 448 g/mol. The fourth-order valence-corrected chi connectivity index (χ4v) is 4.08. The molecule has 0 aliphatic carbocycles. The van der Waals surface area contributed by atoms with Crippen LogP contribution in [0.2, 0.25) is 5.02 Å². The van der Waals surface area contributed by atoms with Crippen molar-refractivity contribution < 1.29 is 4.84 Å². The summed E-state index contributed by atoms with van der Waals surface area (Å²) in [5, 5.41) is 5.89. The van der Waals surface area contributed by atoms with Gasteiger partial charge in [-0.1, -0.05) is 55.8 Å². The minimum Gasteiger partial charge on any atom is -0.325 e. The first-order chi connectivity index (χ1) is 16.3. The third-order valence-electron chi connectivity index (χ3n) is 5.75. The zero-order chi connectivity index (χ0) is 24.4. The number of halogens is 1. The molecule has 1 unspecified atom stereocenters. The standard InChI is InChI=1S/C27H29ClN4O2/c1-6-18-14-23(26(33)32(5)24(18)13-16(2)3)22-15-21(12-7-17(22)4)29-27-30-25(34-31-27)19-8-10-20(28)11-9-19/h6-16,25H,1-5H3,(H2,29,30,31)/b18-6-,24-13+. The average Bonchev–Trinajstić information content (AvgIpc) is 3.27. The molecule has 0 radical (unpaired) electrons. The summed E-state index contributed by atoms with van der Waals surface area (Å²) in [6, 6.07) is 15.3. The second-order valence-corrected chi connectivity index (χ2v) is 9.15. The van der Waals surface area contributed by atoms with Gasteiger partial charge in [0.2, 0.25) is 12.2 Å². The maximum Gasteiger partial charge on any atom is 0.258 e. The molecule has 0 bridgehead atoms. The van der Waals surface area contributed by atoms with E-state index in [9.17, 15) is 4.79 Å². The van der Waals surface area contributed by atoms with E-state index in [1.54, 1.807) is 16.7 Å². The highest BCUT2D eigenvalue weighted by Crippen LogP contribution is 2.26. The van der Waals surface area contributed by atoms with E-state index in [1.807, 2.05) is 63.4 Å². The molecule has 0 spiro atoms. The second kappa shape index (κ2) is 9.87. The molecular formula is C27H29ClN4O2. The van der Waals surface area contributed by atoms with Crippen LogP contribution in [-0.4, -0.2) is 10.5 Å². The second-order valence-electron chi connectivity index (χ2n) is 8.72. The number of nitrogens with zero attached hydrogens (tertiary/aromatic N) is 2. The molecule has 0 amide bonds. The molecule has 7 heteroatoms. The number of hydrogen-bond acceptors (Lipinski definition) is 5. The van der Waals surface area contributed by atoms with Gasteiger partial charge in [-0.3, -0.25) is 4.79 Å². The number of benzene rings is 2. The maximum atomic E-state index is 13.3. The number of aromatic nitrogens is 1. The van der Waals surface area contributed by atoms with Gasteiger partial charge in [0.05, 0.1) is 0 Å². The summed E-state index contributed by atoms with van der Waals surface area (Å²) >= 11 is 5.97. The lowest BCUT2D eigenvalue weighted by atomic mass is 10.00. The summed E-state index contributed by atoms with van der Waals surface area (Å²) < 4.78 is 1.73. The highest BCUT2D eigenvalue weighted by Gasteiger charge is 2.20. The van der Waals surface area contributed by atoms with E-state index in [2.05, 4.69) is 35.7 Å². The molecule has 2 aromatic carbocycles. The molecule has 0 saturated carbocycles. The third-order valence-corrected chi connectivity index (χ3v) is 6.01. The van der Waals surface area contributed by atoms with Gasteiger partial charge in [0.25, 0.3) is 5.56 Å². The monoisotopic (exact) mass is 476 g/mol. The largest absolute Gasteiger partial charge is 0.325 e. The first-order valence-corrected chi connectivity index (χ1v) is 11.7. The zero-order valence-corrected chi connectivity index (χ0v) is 20.8. The highest BCUT2D eigenvalue weighted by atomic mass is 35.5. The lowest BCUT2D eigenvalue weighted by Crippen LogP contribution is -2.42. The molecule has 0 fully saturated rings. The summed E-state index contributed by atoms with van der Waals surface area (Å²) in [7, 11) is 1.83. The molecule has 1 aliphatic heterocycles. The molecule has 4 rings (SSSR count). The predicted molar refractivity (Wildman–Crippen MR) is 140 cm³/mol. The van der Waals surface area contributed by atoms with Gasteiger partial charge < -0.3 is 9.88 Å². The summed E-state index contributed by atoms with van der Waals surface area (Å²) in [6.45, 7) is 8.22. The van der Waals surface area contributed by atoms with Crippen molar-refractivity contribution in [3.63, 3.8) is 0 Å².